The Labute approximate surface area is 131 Å². The molecule has 2 heterocycles. The summed E-state index contributed by atoms with van der Waals surface area (Å²) in [7, 11) is 3.89. The number of amides is 1. The Morgan fingerprint density at radius 3 is 2.70 bits per heavy atom. The number of carbonyl (C=O) groups excluding carboxylic acids is 1. The van der Waals surface area contributed by atoms with Gasteiger partial charge in [-0.25, -0.2) is 4.98 Å². The molecular weight excluding hydrogens is 303 g/mol. The molecule has 0 bridgehead atoms. The first-order chi connectivity index (χ1) is 8.66. The number of rotatable bonds is 3. The molecule has 1 saturated heterocycles. The van der Waals surface area contributed by atoms with E-state index in [4.69, 9.17) is 4.74 Å². The maximum atomic E-state index is 11.9. The molecule has 1 amide bonds. The van der Waals surface area contributed by atoms with E-state index in [-0.39, 0.29) is 36.8 Å². The first kappa shape index (κ1) is 18.9. The van der Waals surface area contributed by atoms with Gasteiger partial charge in [0, 0.05) is 20.6 Å². The summed E-state index contributed by atoms with van der Waals surface area (Å²) in [5, 5.41) is 5.86. The van der Waals surface area contributed by atoms with Crippen molar-refractivity contribution in [3.8, 4) is 0 Å². The Morgan fingerprint density at radius 2 is 2.20 bits per heavy atom. The lowest BCUT2D eigenvalue weighted by molar-refractivity contribution is -0.120. The Hall–Kier alpha value is -1.08. The van der Waals surface area contributed by atoms with Crippen molar-refractivity contribution >= 4 is 42.2 Å². The van der Waals surface area contributed by atoms with Gasteiger partial charge in [0.25, 0.3) is 0 Å². The lowest BCUT2D eigenvalue weighted by Crippen LogP contribution is -2.48. The van der Waals surface area contributed by atoms with Crippen molar-refractivity contribution in [2.45, 2.75) is 6.04 Å². The Bertz CT molecular complexity index is 408. The second-order valence-corrected chi connectivity index (χ2v) is 4.37. The van der Waals surface area contributed by atoms with Crippen molar-refractivity contribution in [2.24, 2.45) is 0 Å². The van der Waals surface area contributed by atoms with E-state index in [2.05, 4.69) is 15.6 Å². The van der Waals surface area contributed by atoms with E-state index in [9.17, 15) is 4.79 Å². The highest BCUT2D eigenvalue weighted by atomic mass is 35.5. The highest BCUT2D eigenvalue weighted by Gasteiger charge is 2.21. The van der Waals surface area contributed by atoms with Gasteiger partial charge in [-0.05, 0) is 12.1 Å². The van der Waals surface area contributed by atoms with Crippen LogP contribution in [0.2, 0.25) is 0 Å². The number of nitrogens with one attached hydrogen (secondary N) is 2. The molecule has 1 unspecified atom stereocenters. The number of anilines is 2. The molecule has 1 aliphatic heterocycles. The third-order valence-corrected chi connectivity index (χ3v) is 2.75. The quantitative estimate of drug-likeness (QED) is 0.866. The number of pyridine rings is 1. The lowest BCUT2D eigenvalue weighted by Gasteiger charge is -2.22. The summed E-state index contributed by atoms with van der Waals surface area (Å²) in [6.45, 7) is 1.76. The molecule has 8 heteroatoms. The zero-order valence-corrected chi connectivity index (χ0v) is 13.1. The smallest absolute Gasteiger partial charge is 0.245 e. The van der Waals surface area contributed by atoms with E-state index in [0.717, 1.165) is 5.69 Å². The van der Waals surface area contributed by atoms with Crippen LogP contribution in [0.25, 0.3) is 0 Å². The molecule has 6 nitrogen and oxygen atoms in total. The van der Waals surface area contributed by atoms with Crippen LogP contribution in [0.15, 0.2) is 18.3 Å². The van der Waals surface area contributed by atoms with Crippen LogP contribution in [0.1, 0.15) is 0 Å². The lowest BCUT2D eigenvalue weighted by atomic mass is 10.2. The van der Waals surface area contributed by atoms with E-state index in [1.807, 2.05) is 25.1 Å². The molecule has 1 aliphatic rings. The molecule has 1 fully saturated rings. The first-order valence-corrected chi connectivity index (χ1v) is 5.92. The highest BCUT2D eigenvalue weighted by Crippen LogP contribution is 2.12. The predicted molar refractivity (Wildman–Crippen MR) is 84.3 cm³/mol. The number of hydrogen-bond acceptors (Lipinski definition) is 5. The molecule has 2 rings (SSSR count). The standard InChI is InChI=1S/C12H18N4O2.2ClH/c1-16(2)9-3-4-11(14-7-9)15-12(17)10-8-18-6-5-13-10;;/h3-4,7,10,13H,5-6,8H2,1-2H3,(H,14,15,17);2*1H. The summed E-state index contributed by atoms with van der Waals surface area (Å²) < 4.78 is 5.24. The molecule has 1 atom stereocenters. The summed E-state index contributed by atoms with van der Waals surface area (Å²) >= 11 is 0. The molecule has 0 radical (unpaired) electrons. The molecule has 1 aromatic heterocycles. The molecular formula is C12H20Cl2N4O2. The molecule has 0 saturated carbocycles. The van der Waals surface area contributed by atoms with Gasteiger partial charge >= 0.3 is 0 Å². The number of halogens is 2. The third kappa shape index (κ3) is 5.13. The minimum atomic E-state index is -0.297. The van der Waals surface area contributed by atoms with E-state index in [0.29, 0.717) is 25.6 Å². The van der Waals surface area contributed by atoms with Crippen molar-refractivity contribution in [2.75, 3.05) is 44.1 Å². The first-order valence-electron chi connectivity index (χ1n) is 5.92. The zero-order chi connectivity index (χ0) is 13.0. The molecule has 1 aromatic rings. The van der Waals surface area contributed by atoms with Crippen molar-refractivity contribution in [1.29, 1.82) is 0 Å². The maximum Gasteiger partial charge on any atom is 0.245 e. The Kier molecular flexibility index (Phi) is 8.48. The van der Waals surface area contributed by atoms with Gasteiger partial charge in [-0.15, -0.1) is 24.8 Å². The molecule has 0 aromatic carbocycles. The van der Waals surface area contributed by atoms with Crippen LogP contribution in [0.4, 0.5) is 11.5 Å². The van der Waals surface area contributed by atoms with Gasteiger partial charge in [0.1, 0.15) is 11.9 Å². The van der Waals surface area contributed by atoms with Crippen LogP contribution in [-0.2, 0) is 9.53 Å². The van der Waals surface area contributed by atoms with Gasteiger partial charge in [-0.1, -0.05) is 0 Å². The van der Waals surface area contributed by atoms with Gasteiger partial charge in [-0.2, -0.15) is 0 Å². The summed E-state index contributed by atoms with van der Waals surface area (Å²) in [6.07, 6.45) is 1.72. The average molecular weight is 323 g/mol. The van der Waals surface area contributed by atoms with Crippen LogP contribution in [0.5, 0.6) is 0 Å². The maximum absolute atomic E-state index is 11.9. The fraction of sp³-hybridized carbons (Fsp3) is 0.500. The van der Waals surface area contributed by atoms with Gasteiger partial charge in [-0.3, -0.25) is 4.79 Å². The molecule has 114 valence electrons. The Morgan fingerprint density at radius 1 is 1.45 bits per heavy atom. The number of aromatic nitrogens is 1. The minimum Gasteiger partial charge on any atom is -0.378 e. The number of carbonyl (C=O) groups is 1. The summed E-state index contributed by atoms with van der Waals surface area (Å²) in [6, 6.07) is 3.40. The normalized spacial score (nSPS) is 17.4. The molecule has 2 N–H and O–H groups in total. The second kappa shape index (κ2) is 8.97. The van der Waals surface area contributed by atoms with Crippen LogP contribution in [-0.4, -0.2) is 50.8 Å². The van der Waals surface area contributed by atoms with Gasteiger partial charge in [0.15, 0.2) is 0 Å². The fourth-order valence-corrected chi connectivity index (χ4v) is 1.67. The van der Waals surface area contributed by atoms with Crippen LogP contribution >= 0.6 is 24.8 Å². The van der Waals surface area contributed by atoms with Gasteiger partial charge < -0.3 is 20.3 Å². The number of hydrogen-bond donors (Lipinski definition) is 2. The molecule has 0 spiro atoms. The van der Waals surface area contributed by atoms with Crippen molar-refractivity contribution < 1.29 is 9.53 Å². The van der Waals surface area contributed by atoms with Crippen LogP contribution in [0.3, 0.4) is 0 Å². The second-order valence-electron chi connectivity index (χ2n) is 4.37. The van der Waals surface area contributed by atoms with Gasteiger partial charge in [0.05, 0.1) is 25.1 Å². The average Bonchev–Trinajstić information content (AvgIpc) is 2.40. The predicted octanol–water partition coefficient (Wildman–Crippen LogP) is 0.918. The Balaban J connectivity index is 0.00000180. The van der Waals surface area contributed by atoms with Gasteiger partial charge in [0.2, 0.25) is 5.91 Å². The van der Waals surface area contributed by atoms with Crippen LogP contribution in [0, 0.1) is 0 Å². The summed E-state index contributed by atoms with van der Waals surface area (Å²) in [5.41, 5.74) is 0.993. The van der Waals surface area contributed by atoms with E-state index >= 15 is 0 Å². The van der Waals surface area contributed by atoms with E-state index in [1.165, 1.54) is 0 Å². The van der Waals surface area contributed by atoms with Crippen molar-refractivity contribution in [1.82, 2.24) is 10.3 Å². The SMILES string of the molecule is CN(C)c1ccc(NC(=O)C2COCCN2)nc1.Cl.Cl. The topological polar surface area (TPSA) is 66.5 Å². The van der Waals surface area contributed by atoms with Crippen molar-refractivity contribution in [3.05, 3.63) is 18.3 Å². The third-order valence-electron chi connectivity index (χ3n) is 2.75. The van der Waals surface area contributed by atoms with Crippen LogP contribution < -0.4 is 15.5 Å². The monoisotopic (exact) mass is 322 g/mol. The highest BCUT2D eigenvalue weighted by molar-refractivity contribution is 5.94. The van der Waals surface area contributed by atoms with E-state index < -0.39 is 0 Å². The molecule has 0 aliphatic carbocycles. The van der Waals surface area contributed by atoms with Crippen molar-refractivity contribution in [3.63, 3.8) is 0 Å². The zero-order valence-electron chi connectivity index (χ0n) is 11.5. The minimum absolute atomic E-state index is 0. The number of nitrogens with zero attached hydrogens (tertiary/aromatic N) is 2. The molecule has 20 heavy (non-hydrogen) atoms. The summed E-state index contributed by atoms with van der Waals surface area (Å²) in [4.78, 5) is 18.0. The summed E-state index contributed by atoms with van der Waals surface area (Å²) in [5.74, 6) is 0.442. The van der Waals surface area contributed by atoms with E-state index in [1.54, 1.807) is 12.3 Å². The fourth-order valence-electron chi connectivity index (χ4n) is 1.67. The number of ether oxygens (including phenoxy) is 1. The number of morpholine rings is 1. The largest absolute Gasteiger partial charge is 0.378 e.